The Morgan fingerprint density at radius 2 is 2.19 bits per heavy atom. The van der Waals surface area contributed by atoms with Crippen LogP contribution in [0, 0.1) is 12.8 Å². The summed E-state index contributed by atoms with van der Waals surface area (Å²) in [7, 11) is 0. The molecule has 0 aliphatic rings. The minimum atomic E-state index is -0.0253. The summed E-state index contributed by atoms with van der Waals surface area (Å²) in [5.74, 6) is 0.335. The number of rotatable bonds is 4. The first-order chi connectivity index (χ1) is 7.49. The Balaban J connectivity index is 2.54. The smallest absolute Gasteiger partial charge is 0.240 e. The normalized spacial score (nSPS) is 11.9. The van der Waals surface area contributed by atoms with Crippen molar-refractivity contribution in [2.45, 2.75) is 34.1 Å². The highest BCUT2D eigenvalue weighted by Crippen LogP contribution is 2.15. The average Bonchev–Trinajstić information content (AvgIpc) is 2.60. The van der Waals surface area contributed by atoms with Crippen LogP contribution in [0.1, 0.15) is 36.9 Å². The predicted octanol–water partition coefficient (Wildman–Crippen LogP) is 2.94. The molecular formula is C12H18N2OS. The fourth-order valence-electron chi connectivity index (χ4n) is 1.25. The van der Waals surface area contributed by atoms with Crippen LogP contribution in [0.4, 0.5) is 0 Å². The molecule has 16 heavy (non-hydrogen) atoms. The number of hydrogen-bond donors (Lipinski definition) is 1. The summed E-state index contributed by atoms with van der Waals surface area (Å²) in [5.41, 5.74) is 3.43. The van der Waals surface area contributed by atoms with Crippen molar-refractivity contribution >= 4 is 23.0 Å². The zero-order valence-electron chi connectivity index (χ0n) is 10.2. The summed E-state index contributed by atoms with van der Waals surface area (Å²) in [6, 6.07) is 4.07. The number of nitrogens with zero attached hydrogens (tertiary/aromatic N) is 1. The molecule has 0 fully saturated rings. The molecule has 0 aliphatic heterocycles. The van der Waals surface area contributed by atoms with E-state index in [4.69, 9.17) is 0 Å². The van der Waals surface area contributed by atoms with Gasteiger partial charge in [0.1, 0.15) is 0 Å². The highest BCUT2D eigenvalue weighted by molar-refractivity contribution is 7.14. The molecule has 0 spiro atoms. The maximum Gasteiger partial charge on any atom is 0.240 e. The number of aryl methyl sites for hydroxylation is 1. The maximum atomic E-state index is 11.4. The zero-order valence-corrected chi connectivity index (χ0v) is 11.0. The SMILES string of the molecule is C/C(=N/NC(=O)CC(C)C)c1ccc(C)s1. The van der Waals surface area contributed by atoms with Crippen molar-refractivity contribution in [3.63, 3.8) is 0 Å². The molecule has 0 aliphatic carbocycles. The third-order valence-electron chi connectivity index (χ3n) is 2.04. The maximum absolute atomic E-state index is 11.4. The molecule has 0 unspecified atom stereocenters. The molecule has 1 N–H and O–H groups in total. The lowest BCUT2D eigenvalue weighted by Crippen LogP contribution is -2.20. The molecule has 1 aromatic rings. The molecule has 0 saturated heterocycles. The molecule has 3 nitrogen and oxygen atoms in total. The predicted molar refractivity (Wildman–Crippen MR) is 68.9 cm³/mol. The minimum absolute atomic E-state index is 0.0253. The molecule has 0 atom stereocenters. The zero-order chi connectivity index (χ0) is 12.1. The Bertz CT molecular complexity index is 393. The van der Waals surface area contributed by atoms with Gasteiger partial charge >= 0.3 is 0 Å². The van der Waals surface area contributed by atoms with E-state index in [1.54, 1.807) is 11.3 Å². The second kappa shape index (κ2) is 5.80. The lowest BCUT2D eigenvalue weighted by atomic mass is 10.1. The second-order valence-electron chi connectivity index (χ2n) is 4.24. The number of carbonyl (C=O) groups is 1. The summed E-state index contributed by atoms with van der Waals surface area (Å²) >= 11 is 1.68. The quantitative estimate of drug-likeness (QED) is 0.636. The van der Waals surface area contributed by atoms with Gasteiger partial charge in [0.25, 0.3) is 0 Å². The lowest BCUT2D eigenvalue weighted by Gasteiger charge is -2.03. The fraction of sp³-hybridized carbons (Fsp3) is 0.500. The number of hydrazone groups is 1. The molecule has 1 amide bonds. The van der Waals surface area contributed by atoms with Crippen molar-refractivity contribution < 1.29 is 4.79 Å². The van der Waals surface area contributed by atoms with Crippen molar-refractivity contribution in [1.29, 1.82) is 0 Å². The van der Waals surface area contributed by atoms with Crippen LogP contribution in [0.3, 0.4) is 0 Å². The molecule has 1 heterocycles. The summed E-state index contributed by atoms with van der Waals surface area (Å²) < 4.78 is 0. The van der Waals surface area contributed by atoms with Gasteiger partial charge in [-0.05, 0) is 31.9 Å². The van der Waals surface area contributed by atoms with Gasteiger partial charge in [-0.15, -0.1) is 11.3 Å². The van der Waals surface area contributed by atoms with Crippen molar-refractivity contribution in [2.24, 2.45) is 11.0 Å². The number of thiophene rings is 1. The first kappa shape index (κ1) is 12.9. The van der Waals surface area contributed by atoms with Crippen molar-refractivity contribution in [3.8, 4) is 0 Å². The van der Waals surface area contributed by atoms with Gasteiger partial charge in [-0.2, -0.15) is 5.10 Å². The number of nitrogens with one attached hydrogen (secondary N) is 1. The van der Waals surface area contributed by atoms with Gasteiger partial charge in [-0.3, -0.25) is 4.79 Å². The lowest BCUT2D eigenvalue weighted by molar-refractivity contribution is -0.121. The molecule has 1 aromatic heterocycles. The Labute approximate surface area is 101 Å². The number of carbonyl (C=O) groups excluding carboxylic acids is 1. The Morgan fingerprint density at radius 3 is 2.69 bits per heavy atom. The van der Waals surface area contributed by atoms with E-state index in [1.807, 2.05) is 26.8 Å². The highest BCUT2D eigenvalue weighted by atomic mass is 32.1. The van der Waals surface area contributed by atoms with Crippen LogP contribution in [0.5, 0.6) is 0 Å². The Kier molecular flexibility index (Phi) is 4.68. The van der Waals surface area contributed by atoms with E-state index >= 15 is 0 Å². The van der Waals surface area contributed by atoms with E-state index in [0.717, 1.165) is 10.6 Å². The molecule has 0 saturated carbocycles. The van der Waals surface area contributed by atoms with Crippen molar-refractivity contribution in [3.05, 3.63) is 21.9 Å². The van der Waals surface area contributed by atoms with Gasteiger partial charge in [0.15, 0.2) is 0 Å². The van der Waals surface area contributed by atoms with Crippen molar-refractivity contribution in [1.82, 2.24) is 5.43 Å². The summed E-state index contributed by atoms with van der Waals surface area (Å²) in [5, 5.41) is 4.09. The minimum Gasteiger partial charge on any atom is -0.273 e. The van der Waals surface area contributed by atoms with Crippen LogP contribution in [-0.4, -0.2) is 11.6 Å². The van der Waals surface area contributed by atoms with E-state index in [-0.39, 0.29) is 5.91 Å². The molecule has 4 heteroatoms. The monoisotopic (exact) mass is 238 g/mol. The summed E-state index contributed by atoms with van der Waals surface area (Å²) in [6.07, 6.45) is 0.514. The molecule has 0 bridgehead atoms. The van der Waals surface area contributed by atoms with Gasteiger partial charge in [0.2, 0.25) is 5.91 Å². The summed E-state index contributed by atoms with van der Waals surface area (Å²) in [6.45, 7) is 7.98. The van der Waals surface area contributed by atoms with Crippen LogP contribution < -0.4 is 5.43 Å². The van der Waals surface area contributed by atoms with E-state index in [9.17, 15) is 4.79 Å². The van der Waals surface area contributed by atoms with E-state index in [0.29, 0.717) is 12.3 Å². The highest BCUT2D eigenvalue weighted by Gasteiger charge is 2.04. The Hall–Kier alpha value is -1.16. The van der Waals surface area contributed by atoms with Crippen LogP contribution in [-0.2, 0) is 4.79 Å². The molecule has 0 aromatic carbocycles. The van der Waals surface area contributed by atoms with Gasteiger partial charge < -0.3 is 0 Å². The second-order valence-corrected chi connectivity index (χ2v) is 5.53. The van der Waals surface area contributed by atoms with Gasteiger partial charge in [0, 0.05) is 11.3 Å². The third kappa shape index (κ3) is 4.14. The number of amides is 1. The van der Waals surface area contributed by atoms with Crippen LogP contribution in [0.25, 0.3) is 0 Å². The van der Waals surface area contributed by atoms with Crippen LogP contribution in [0.2, 0.25) is 0 Å². The largest absolute Gasteiger partial charge is 0.273 e. The van der Waals surface area contributed by atoms with E-state index in [1.165, 1.54) is 4.88 Å². The third-order valence-corrected chi connectivity index (χ3v) is 3.15. The average molecular weight is 238 g/mol. The van der Waals surface area contributed by atoms with Gasteiger partial charge in [0.05, 0.1) is 10.6 Å². The fourth-order valence-corrected chi connectivity index (χ4v) is 2.06. The Morgan fingerprint density at radius 1 is 1.50 bits per heavy atom. The summed E-state index contributed by atoms with van der Waals surface area (Å²) in [4.78, 5) is 13.7. The molecular weight excluding hydrogens is 220 g/mol. The van der Waals surface area contributed by atoms with Crippen LogP contribution >= 0.6 is 11.3 Å². The molecule has 1 rings (SSSR count). The number of hydrogen-bond acceptors (Lipinski definition) is 3. The van der Waals surface area contributed by atoms with Gasteiger partial charge in [-0.25, -0.2) is 5.43 Å². The molecule has 88 valence electrons. The van der Waals surface area contributed by atoms with Crippen molar-refractivity contribution in [2.75, 3.05) is 0 Å². The van der Waals surface area contributed by atoms with E-state index < -0.39 is 0 Å². The first-order valence-corrected chi connectivity index (χ1v) is 6.20. The standard InChI is InChI=1S/C12H18N2OS/c1-8(2)7-12(15)14-13-10(4)11-6-5-9(3)16-11/h5-6,8H,7H2,1-4H3,(H,14,15)/b13-10-. The van der Waals surface area contributed by atoms with Gasteiger partial charge in [-0.1, -0.05) is 13.8 Å². The van der Waals surface area contributed by atoms with Crippen LogP contribution in [0.15, 0.2) is 17.2 Å². The topological polar surface area (TPSA) is 41.5 Å². The molecule has 0 radical (unpaired) electrons. The first-order valence-electron chi connectivity index (χ1n) is 5.39. The van der Waals surface area contributed by atoms with E-state index in [2.05, 4.69) is 23.5 Å².